The molecule has 108 valence electrons. The second-order valence-electron chi connectivity index (χ2n) is 5.02. The lowest BCUT2D eigenvalue weighted by Gasteiger charge is -2.30. The van der Waals surface area contributed by atoms with E-state index in [9.17, 15) is 0 Å². The minimum atomic E-state index is 0.358. The molecule has 0 saturated heterocycles. The highest BCUT2D eigenvalue weighted by atomic mass is 16.5. The van der Waals surface area contributed by atoms with Gasteiger partial charge in [-0.1, -0.05) is 26.0 Å². The van der Waals surface area contributed by atoms with E-state index in [4.69, 9.17) is 4.74 Å². The van der Waals surface area contributed by atoms with Gasteiger partial charge in [0.2, 0.25) is 0 Å². The maximum Gasteiger partial charge on any atom is 0.118 e. The summed E-state index contributed by atoms with van der Waals surface area (Å²) in [5.41, 5.74) is 1.31. The van der Waals surface area contributed by atoms with Gasteiger partial charge in [-0.15, -0.1) is 0 Å². The van der Waals surface area contributed by atoms with E-state index in [1.807, 2.05) is 19.2 Å². The topological polar surface area (TPSA) is 24.5 Å². The normalized spacial score (nSPS) is 13.0. The Bertz CT molecular complexity index is 346. The fourth-order valence-electron chi connectivity index (χ4n) is 2.55. The smallest absolute Gasteiger partial charge is 0.118 e. The lowest BCUT2D eigenvalue weighted by molar-refractivity contribution is 0.209. The second-order valence-corrected chi connectivity index (χ2v) is 5.02. The average Bonchev–Trinajstić information content (AvgIpc) is 2.46. The van der Waals surface area contributed by atoms with Gasteiger partial charge in [-0.05, 0) is 44.6 Å². The summed E-state index contributed by atoms with van der Waals surface area (Å²) in [6.45, 7) is 5.54. The van der Waals surface area contributed by atoms with Crippen LogP contribution in [0.4, 0.5) is 0 Å². The molecule has 0 saturated carbocycles. The third-order valence-corrected chi connectivity index (χ3v) is 3.90. The summed E-state index contributed by atoms with van der Waals surface area (Å²) in [6.07, 6.45) is 2.40. The lowest BCUT2D eigenvalue weighted by atomic mass is 10.0. The molecular weight excluding hydrogens is 236 g/mol. The van der Waals surface area contributed by atoms with Crippen LogP contribution in [-0.4, -0.2) is 38.7 Å². The van der Waals surface area contributed by atoms with Gasteiger partial charge in [0.25, 0.3) is 0 Å². The molecule has 1 unspecified atom stereocenters. The number of benzene rings is 1. The highest BCUT2D eigenvalue weighted by Crippen LogP contribution is 2.19. The molecule has 0 bridgehead atoms. The SMILES string of the molecule is CCC(CC)N(C)CC(NC)c1ccc(OC)cc1. The highest BCUT2D eigenvalue weighted by molar-refractivity contribution is 5.29. The zero-order valence-electron chi connectivity index (χ0n) is 12.9. The zero-order chi connectivity index (χ0) is 14.3. The first-order valence-corrected chi connectivity index (χ1v) is 7.17. The number of hydrogen-bond donors (Lipinski definition) is 1. The van der Waals surface area contributed by atoms with Crippen LogP contribution in [0.25, 0.3) is 0 Å². The van der Waals surface area contributed by atoms with E-state index in [2.05, 4.69) is 43.2 Å². The Hall–Kier alpha value is -1.06. The number of nitrogens with zero attached hydrogens (tertiary/aromatic N) is 1. The summed E-state index contributed by atoms with van der Waals surface area (Å²) in [4.78, 5) is 2.45. The van der Waals surface area contributed by atoms with E-state index in [-0.39, 0.29) is 0 Å². The molecule has 3 nitrogen and oxygen atoms in total. The molecule has 0 aliphatic carbocycles. The Balaban J connectivity index is 2.71. The third kappa shape index (κ3) is 4.51. The maximum absolute atomic E-state index is 5.21. The van der Waals surface area contributed by atoms with Crippen molar-refractivity contribution < 1.29 is 4.74 Å². The molecule has 3 heteroatoms. The van der Waals surface area contributed by atoms with Crippen molar-refractivity contribution in [2.24, 2.45) is 0 Å². The van der Waals surface area contributed by atoms with Crippen molar-refractivity contribution in [2.45, 2.75) is 38.8 Å². The van der Waals surface area contributed by atoms with E-state index in [1.54, 1.807) is 7.11 Å². The molecule has 0 heterocycles. The molecule has 19 heavy (non-hydrogen) atoms. The van der Waals surface area contributed by atoms with Gasteiger partial charge in [0.05, 0.1) is 7.11 Å². The summed E-state index contributed by atoms with van der Waals surface area (Å²) in [6, 6.07) is 9.35. The van der Waals surface area contributed by atoms with Crippen LogP contribution in [0.1, 0.15) is 38.3 Å². The van der Waals surface area contributed by atoms with Crippen LogP contribution in [0.15, 0.2) is 24.3 Å². The Kier molecular flexibility index (Phi) is 6.89. The van der Waals surface area contributed by atoms with Gasteiger partial charge in [0.1, 0.15) is 5.75 Å². The van der Waals surface area contributed by atoms with Crippen LogP contribution in [0.5, 0.6) is 5.75 Å². The van der Waals surface area contributed by atoms with Crippen molar-refractivity contribution in [1.29, 1.82) is 0 Å². The molecule has 0 amide bonds. The van der Waals surface area contributed by atoms with Gasteiger partial charge >= 0.3 is 0 Å². The maximum atomic E-state index is 5.21. The molecule has 1 rings (SSSR count). The first kappa shape index (κ1) is 16.0. The summed E-state index contributed by atoms with van der Waals surface area (Å²) >= 11 is 0. The molecule has 0 fully saturated rings. The molecule has 0 aliphatic heterocycles. The van der Waals surface area contributed by atoms with Gasteiger partial charge in [0, 0.05) is 18.6 Å². The van der Waals surface area contributed by atoms with Gasteiger partial charge in [0.15, 0.2) is 0 Å². The molecule has 0 spiro atoms. The van der Waals surface area contributed by atoms with Crippen molar-refractivity contribution in [1.82, 2.24) is 10.2 Å². The molecular formula is C16H28N2O. The van der Waals surface area contributed by atoms with Crippen molar-refractivity contribution in [2.75, 3.05) is 27.7 Å². The Labute approximate surface area is 118 Å². The molecule has 0 aromatic heterocycles. The Morgan fingerprint density at radius 1 is 1.16 bits per heavy atom. The van der Waals surface area contributed by atoms with E-state index in [0.29, 0.717) is 12.1 Å². The van der Waals surface area contributed by atoms with E-state index >= 15 is 0 Å². The monoisotopic (exact) mass is 264 g/mol. The first-order chi connectivity index (χ1) is 9.15. The largest absolute Gasteiger partial charge is 0.497 e. The van der Waals surface area contributed by atoms with Crippen LogP contribution < -0.4 is 10.1 Å². The van der Waals surface area contributed by atoms with Crippen LogP contribution in [0, 0.1) is 0 Å². The number of rotatable bonds is 8. The molecule has 0 radical (unpaired) electrons. The second kappa shape index (κ2) is 8.18. The minimum Gasteiger partial charge on any atom is -0.497 e. The van der Waals surface area contributed by atoms with Crippen molar-refractivity contribution in [3.05, 3.63) is 29.8 Å². The number of methoxy groups -OCH3 is 1. The average molecular weight is 264 g/mol. The van der Waals surface area contributed by atoms with Crippen LogP contribution in [-0.2, 0) is 0 Å². The predicted molar refractivity (Wildman–Crippen MR) is 81.8 cm³/mol. The Morgan fingerprint density at radius 2 is 1.74 bits per heavy atom. The summed E-state index contributed by atoms with van der Waals surface area (Å²) in [5, 5.41) is 3.41. The highest BCUT2D eigenvalue weighted by Gasteiger charge is 2.16. The molecule has 1 atom stereocenters. The minimum absolute atomic E-state index is 0.358. The van der Waals surface area contributed by atoms with Crippen molar-refractivity contribution >= 4 is 0 Å². The summed E-state index contributed by atoms with van der Waals surface area (Å²) in [7, 11) is 5.94. The van der Waals surface area contributed by atoms with E-state index < -0.39 is 0 Å². The number of nitrogens with one attached hydrogen (secondary N) is 1. The van der Waals surface area contributed by atoms with Gasteiger partial charge in [-0.25, -0.2) is 0 Å². The van der Waals surface area contributed by atoms with Gasteiger partial charge < -0.3 is 15.0 Å². The van der Waals surface area contributed by atoms with Gasteiger partial charge in [-0.2, -0.15) is 0 Å². The van der Waals surface area contributed by atoms with Crippen molar-refractivity contribution in [3.8, 4) is 5.75 Å². The number of hydrogen-bond acceptors (Lipinski definition) is 3. The Morgan fingerprint density at radius 3 is 2.16 bits per heavy atom. The molecule has 1 aromatic carbocycles. The third-order valence-electron chi connectivity index (χ3n) is 3.90. The van der Waals surface area contributed by atoms with Gasteiger partial charge in [-0.3, -0.25) is 0 Å². The fourth-order valence-corrected chi connectivity index (χ4v) is 2.55. The van der Waals surface area contributed by atoms with Crippen LogP contribution in [0.3, 0.4) is 0 Å². The van der Waals surface area contributed by atoms with Crippen LogP contribution in [0.2, 0.25) is 0 Å². The van der Waals surface area contributed by atoms with Crippen LogP contribution >= 0.6 is 0 Å². The number of ether oxygens (including phenoxy) is 1. The molecule has 1 aromatic rings. The number of likely N-dealkylation sites (N-methyl/N-ethyl adjacent to an activating group) is 2. The first-order valence-electron chi connectivity index (χ1n) is 7.17. The molecule has 0 aliphatic rings. The standard InChI is InChI=1S/C16H28N2O/c1-6-14(7-2)18(4)12-16(17-3)13-8-10-15(19-5)11-9-13/h8-11,14,16-17H,6-7,12H2,1-5H3. The molecule has 1 N–H and O–H groups in total. The fraction of sp³-hybridized carbons (Fsp3) is 0.625. The lowest BCUT2D eigenvalue weighted by Crippen LogP contribution is -2.37. The predicted octanol–water partition coefficient (Wildman–Crippen LogP) is 3.08. The van der Waals surface area contributed by atoms with Crippen molar-refractivity contribution in [3.63, 3.8) is 0 Å². The summed E-state index contributed by atoms with van der Waals surface area (Å²) < 4.78 is 5.21. The van der Waals surface area contributed by atoms with E-state index in [0.717, 1.165) is 12.3 Å². The van der Waals surface area contributed by atoms with E-state index in [1.165, 1.54) is 18.4 Å². The zero-order valence-corrected chi connectivity index (χ0v) is 12.9. The summed E-state index contributed by atoms with van der Waals surface area (Å²) in [5.74, 6) is 0.909. The quantitative estimate of drug-likeness (QED) is 0.781.